The fourth-order valence-corrected chi connectivity index (χ4v) is 6.12. The van der Waals surface area contributed by atoms with Crippen LogP contribution in [-0.2, 0) is 20.7 Å². The Balaban J connectivity index is 1.17. The Morgan fingerprint density at radius 3 is 2.54 bits per heavy atom. The smallest absolute Gasteiger partial charge is 0.337 e. The van der Waals surface area contributed by atoms with Gasteiger partial charge in [-0.1, -0.05) is 72.4 Å². The highest BCUT2D eigenvalue weighted by molar-refractivity contribution is 8.26. The monoisotopic (exact) mass is 579 g/mol. The van der Waals surface area contributed by atoms with E-state index in [9.17, 15) is 14.4 Å². The molecule has 2 aromatic carbocycles. The zero-order chi connectivity index (χ0) is 27.8. The lowest BCUT2D eigenvalue weighted by Crippen LogP contribution is -2.29. The summed E-state index contributed by atoms with van der Waals surface area (Å²) in [6.07, 6.45) is 7.04. The molecule has 4 rings (SSSR count). The van der Waals surface area contributed by atoms with Crippen molar-refractivity contribution in [1.82, 2.24) is 9.88 Å². The molecule has 0 unspecified atom stereocenters. The van der Waals surface area contributed by atoms with Crippen LogP contribution in [0.4, 0.5) is 5.13 Å². The third-order valence-corrected chi connectivity index (χ3v) is 8.38. The number of carbonyl (C=O) groups is 3. The van der Waals surface area contributed by atoms with E-state index in [-0.39, 0.29) is 11.8 Å². The number of esters is 1. The summed E-state index contributed by atoms with van der Waals surface area (Å²) >= 11 is 8.19. The van der Waals surface area contributed by atoms with Crippen LogP contribution in [0, 0.1) is 6.92 Å². The van der Waals surface area contributed by atoms with Crippen molar-refractivity contribution in [2.45, 2.75) is 39.0 Å². The highest BCUT2D eigenvalue weighted by Crippen LogP contribution is 2.33. The second kappa shape index (κ2) is 13.6. The second-order valence-corrected chi connectivity index (χ2v) is 11.9. The molecule has 0 spiro atoms. The molecular formula is C29H29N3O4S3. The molecule has 0 saturated carbocycles. The summed E-state index contributed by atoms with van der Waals surface area (Å²) < 4.78 is 5.24. The Kier molecular flexibility index (Phi) is 10.0. The summed E-state index contributed by atoms with van der Waals surface area (Å²) in [5.41, 5.74) is 3.70. The summed E-state index contributed by atoms with van der Waals surface area (Å²) in [6, 6.07) is 15.3. The molecule has 1 aromatic heterocycles. The molecule has 1 fully saturated rings. The standard InChI is InChI=1S/C29H29N3O4S3/c1-19-7-9-20(10-8-19)16-23-18-30-28(38-23)31-25(33)6-4-3-5-15-32-26(34)24(39-29(32)37)17-21-11-13-22(14-12-21)27(35)36-2/h7-14,17-18H,3-6,15-16H2,1-2H3,(H,30,31,33)/b24-17-. The average Bonchev–Trinajstić information content (AvgIpc) is 3.47. The molecule has 0 atom stereocenters. The van der Waals surface area contributed by atoms with Gasteiger partial charge in [-0.2, -0.15) is 0 Å². The number of hydrogen-bond acceptors (Lipinski definition) is 8. The van der Waals surface area contributed by atoms with E-state index in [4.69, 9.17) is 17.0 Å². The molecule has 0 bridgehead atoms. The molecule has 3 aromatic rings. The second-order valence-electron chi connectivity index (χ2n) is 9.10. The fraction of sp³-hybridized carbons (Fsp3) is 0.276. The van der Waals surface area contributed by atoms with Crippen LogP contribution in [0.1, 0.15) is 57.6 Å². The number of aryl methyl sites for hydroxylation is 1. The van der Waals surface area contributed by atoms with Crippen LogP contribution in [-0.4, -0.2) is 45.6 Å². The van der Waals surface area contributed by atoms with Gasteiger partial charge in [0.25, 0.3) is 5.91 Å². The number of rotatable bonds is 11. The van der Waals surface area contributed by atoms with E-state index in [0.29, 0.717) is 39.3 Å². The summed E-state index contributed by atoms with van der Waals surface area (Å²) in [6.45, 7) is 2.58. The minimum Gasteiger partial charge on any atom is -0.465 e. The van der Waals surface area contributed by atoms with Crippen molar-refractivity contribution in [2.75, 3.05) is 19.0 Å². The third kappa shape index (κ3) is 8.08. The maximum Gasteiger partial charge on any atom is 0.337 e. The molecule has 1 N–H and O–H groups in total. The van der Waals surface area contributed by atoms with Gasteiger partial charge in [-0.3, -0.25) is 14.5 Å². The Hall–Kier alpha value is -3.34. The minimum atomic E-state index is -0.406. The minimum absolute atomic E-state index is 0.0574. The van der Waals surface area contributed by atoms with E-state index < -0.39 is 5.97 Å². The molecule has 0 radical (unpaired) electrons. The number of nitrogens with one attached hydrogen (secondary N) is 1. The van der Waals surface area contributed by atoms with Crippen LogP contribution < -0.4 is 5.32 Å². The van der Waals surface area contributed by atoms with E-state index in [0.717, 1.165) is 29.7 Å². The SMILES string of the molecule is COC(=O)c1ccc(/C=C2\SC(=S)N(CCCCCC(=O)Nc3ncc(Cc4ccc(C)cc4)s3)C2=O)cc1. The number of thioether (sulfide) groups is 1. The molecule has 1 aliphatic heterocycles. The number of benzene rings is 2. The number of thiocarbonyl (C=S) groups is 1. The molecule has 39 heavy (non-hydrogen) atoms. The normalized spacial score (nSPS) is 14.2. The predicted molar refractivity (Wildman–Crippen MR) is 161 cm³/mol. The molecule has 202 valence electrons. The van der Waals surface area contributed by atoms with E-state index in [1.54, 1.807) is 35.2 Å². The quantitative estimate of drug-likeness (QED) is 0.125. The molecule has 1 aliphatic rings. The van der Waals surface area contributed by atoms with Gasteiger partial charge in [0.15, 0.2) is 5.13 Å². The van der Waals surface area contributed by atoms with Crippen LogP contribution in [0.2, 0.25) is 0 Å². The maximum atomic E-state index is 12.9. The number of methoxy groups -OCH3 is 1. The number of aromatic nitrogens is 1. The van der Waals surface area contributed by atoms with Crippen LogP contribution in [0.5, 0.6) is 0 Å². The topological polar surface area (TPSA) is 88.6 Å². The largest absolute Gasteiger partial charge is 0.465 e. The van der Waals surface area contributed by atoms with Crippen LogP contribution in [0.3, 0.4) is 0 Å². The first-order valence-corrected chi connectivity index (χ1v) is 14.6. The van der Waals surface area contributed by atoms with Crippen LogP contribution in [0.25, 0.3) is 6.08 Å². The first-order valence-electron chi connectivity index (χ1n) is 12.6. The van der Waals surface area contributed by atoms with Gasteiger partial charge < -0.3 is 10.1 Å². The van der Waals surface area contributed by atoms with Gasteiger partial charge in [-0.25, -0.2) is 9.78 Å². The Morgan fingerprint density at radius 2 is 1.82 bits per heavy atom. The van der Waals surface area contributed by atoms with Gasteiger partial charge in [0.1, 0.15) is 4.32 Å². The van der Waals surface area contributed by atoms with Gasteiger partial charge >= 0.3 is 5.97 Å². The lowest BCUT2D eigenvalue weighted by atomic mass is 10.1. The van der Waals surface area contributed by atoms with Crippen molar-refractivity contribution in [2.24, 2.45) is 0 Å². The zero-order valence-corrected chi connectivity index (χ0v) is 24.2. The number of ether oxygens (including phenoxy) is 1. The molecule has 1 saturated heterocycles. The van der Waals surface area contributed by atoms with Crippen LogP contribution >= 0.6 is 35.3 Å². The molecule has 2 amide bonds. The maximum absolute atomic E-state index is 12.9. The van der Waals surface area contributed by atoms with Gasteiger partial charge in [-0.05, 0) is 49.1 Å². The highest BCUT2D eigenvalue weighted by atomic mass is 32.2. The highest BCUT2D eigenvalue weighted by Gasteiger charge is 2.31. The van der Waals surface area contributed by atoms with Gasteiger partial charge in [0, 0.05) is 30.5 Å². The summed E-state index contributed by atoms with van der Waals surface area (Å²) in [5, 5.41) is 3.51. The molecule has 0 aliphatic carbocycles. The average molecular weight is 580 g/mol. The van der Waals surface area contributed by atoms with Gasteiger partial charge in [0.05, 0.1) is 17.6 Å². The van der Waals surface area contributed by atoms with Crippen molar-refractivity contribution in [3.63, 3.8) is 0 Å². The number of anilines is 1. The summed E-state index contributed by atoms with van der Waals surface area (Å²) in [5.74, 6) is -0.584. The van der Waals surface area contributed by atoms with Gasteiger partial charge in [0.2, 0.25) is 5.91 Å². The van der Waals surface area contributed by atoms with Crippen molar-refractivity contribution < 1.29 is 19.1 Å². The van der Waals surface area contributed by atoms with E-state index in [1.807, 2.05) is 6.20 Å². The summed E-state index contributed by atoms with van der Waals surface area (Å²) in [7, 11) is 1.34. The number of unbranched alkanes of at least 4 members (excludes halogenated alkanes) is 2. The van der Waals surface area contributed by atoms with E-state index in [2.05, 4.69) is 41.5 Å². The first kappa shape index (κ1) is 28.7. The van der Waals surface area contributed by atoms with Gasteiger partial charge in [-0.15, -0.1) is 11.3 Å². The van der Waals surface area contributed by atoms with E-state index in [1.165, 1.54) is 41.3 Å². The molecule has 2 heterocycles. The molecular weight excluding hydrogens is 551 g/mol. The third-order valence-electron chi connectivity index (χ3n) is 6.09. The van der Waals surface area contributed by atoms with Crippen molar-refractivity contribution in [3.05, 3.63) is 86.8 Å². The number of amides is 2. The number of thiazole rings is 1. The Labute approximate surface area is 241 Å². The number of hydrogen-bond donors (Lipinski definition) is 1. The number of carbonyl (C=O) groups excluding carboxylic acids is 3. The van der Waals surface area contributed by atoms with Crippen molar-refractivity contribution in [3.8, 4) is 0 Å². The van der Waals surface area contributed by atoms with Crippen molar-refractivity contribution in [1.29, 1.82) is 0 Å². The Bertz CT molecular complexity index is 1380. The predicted octanol–water partition coefficient (Wildman–Crippen LogP) is 6.23. The lowest BCUT2D eigenvalue weighted by Gasteiger charge is -2.14. The Morgan fingerprint density at radius 1 is 1.08 bits per heavy atom. The molecule has 7 nitrogen and oxygen atoms in total. The summed E-state index contributed by atoms with van der Waals surface area (Å²) in [4.78, 5) is 44.4. The number of nitrogens with zero attached hydrogens (tertiary/aromatic N) is 2. The lowest BCUT2D eigenvalue weighted by molar-refractivity contribution is -0.122. The van der Waals surface area contributed by atoms with Crippen molar-refractivity contribution >= 4 is 68.6 Å². The van der Waals surface area contributed by atoms with Crippen LogP contribution in [0.15, 0.2) is 59.6 Å². The van der Waals surface area contributed by atoms with E-state index >= 15 is 0 Å². The fourth-order valence-electron chi connectivity index (χ4n) is 3.95. The molecule has 10 heteroatoms. The zero-order valence-electron chi connectivity index (χ0n) is 21.8. The first-order chi connectivity index (χ1) is 18.8.